The minimum atomic E-state index is -0.595. The minimum absolute atomic E-state index is 0.351. The van der Waals surface area contributed by atoms with Gasteiger partial charge in [0.1, 0.15) is 6.04 Å². The molecule has 0 spiro atoms. The van der Waals surface area contributed by atoms with Crippen molar-refractivity contribution in [2.75, 3.05) is 12.4 Å². The predicted molar refractivity (Wildman–Crippen MR) is 90.7 cm³/mol. The number of hydrogen-bond donors (Lipinski definition) is 3. The Labute approximate surface area is 140 Å². The summed E-state index contributed by atoms with van der Waals surface area (Å²) in [4.78, 5) is 27.8. The summed E-state index contributed by atoms with van der Waals surface area (Å²) in [5.41, 5.74) is 1.61. The molecule has 0 aliphatic heterocycles. The molecule has 0 aliphatic rings. The van der Waals surface area contributed by atoms with Crippen LogP contribution in [0.2, 0.25) is 0 Å². The van der Waals surface area contributed by atoms with Gasteiger partial charge in [0.15, 0.2) is 0 Å². The molecule has 1 heterocycles. The first-order valence-corrected chi connectivity index (χ1v) is 7.47. The molecule has 0 fully saturated rings. The third-order valence-corrected chi connectivity index (χ3v) is 3.25. The molecular formula is C17H20N4O3. The average molecular weight is 328 g/mol. The maximum atomic E-state index is 12.0. The molecule has 7 heteroatoms. The van der Waals surface area contributed by atoms with E-state index in [1.165, 1.54) is 7.11 Å². The van der Waals surface area contributed by atoms with Crippen LogP contribution in [-0.4, -0.2) is 30.1 Å². The minimum Gasteiger partial charge on any atom is -0.481 e. The SMILES string of the molecule is COc1ccc(N[C@H](C)C(=O)NC(=O)NCc2ccccc2)cn1. The molecule has 0 radical (unpaired) electrons. The average Bonchev–Trinajstić information content (AvgIpc) is 2.61. The first-order chi connectivity index (χ1) is 11.6. The van der Waals surface area contributed by atoms with Crippen LogP contribution in [0, 0.1) is 0 Å². The van der Waals surface area contributed by atoms with Crippen molar-refractivity contribution in [3.05, 3.63) is 54.2 Å². The van der Waals surface area contributed by atoms with Gasteiger partial charge in [-0.25, -0.2) is 9.78 Å². The number of benzene rings is 1. The van der Waals surface area contributed by atoms with Crippen LogP contribution in [0.5, 0.6) is 5.88 Å². The number of nitrogens with zero attached hydrogens (tertiary/aromatic N) is 1. The highest BCUT2D eigenvalue weighted by molar-refractivity contribution is 5.97. The van der Waals surface area contributed by atoms with Crippen molar-refractivity contribution in [1.29, 1.82) is 0 Å². The zero-order valence-corrected chi connectivity index (χ0v) is 13.6. The van der Waals surface area contributed by atoms with E-state index in [2.05, 4.69) is 20.9 Å². The number of methoxy groups -OCH3 is 1. The van der Waals surface area contributed by atoms with Gasteiger partial charge in [-0.15, -0.1) is 0 Å². The molecule has 2 rings (SSSR count). The van der Waals surface area contributed by atoms with Crippen molar-refractivity contribution >= 4 is 17.6 Å². The van der Waals surface area contributed by atoms with Gasteiger partial charge in [-0.05, 0) is 18.6 Å². The number of carbonyl (C=O) groups is 2. The molecule has 7 nitrogen and oxygen atoms in total. The van der Waals surface area contributed by atoms with E-state index in [0.29, 0.717) is 18.1 Å². The number of aromatic nitrogens is 1. The topological polar surface area (TPSA) is 92.4 Å². The Morgan fingerprint density at radius 3 is 2.54 bits per heavy atom. The Kier molecular flexibility index (Phi) is 6.13. The predicted octanol–water partition coefficient (Wildman–Crippen LogP) is 1.92. The summed E-state index contributed by atoms with van der Waals surface area (Å²) in [5, 5.41) is 7.89. The molecule has 3 N–H and O–H groups in total. The van der Waals surface area contributed by atoms with E-state index >= 15 is 0 Å². The second-order valence-electron chi connectivity index (χ2n) is 5.11. The fourth-order valence-corrected chi connectivity index (χ4v) is 1.94. The molecule has 3 amide bonds. The zero-order valence-electron chi connectivity index (χ0n) is 13.6. The van der Waals surface area contributed by atoms with Crippen molar-refractivity contribution < 1.29 is 14.3 Å². The van der Waals surface area contributed by atoms with Crippen LogP contribution < -0.4 is 20.7 Å². The first kappa shape index (κ1) is 17.3. The maximum absolute atomic E-state index is 12.0. The third-order valence-electron chi connectivity index (χ3n) is 3.25. The van der Waals surface area contributed by atoms with Crippen LogP contribution in [0.4, 0.5) is 10.5 Å². The first-order valence-electron chi connectivity index (χ1n) is 7.47. The van der Waals surface area contributed by atoms with Crippen molar-refractivity contribution in [1.82, 2.24) is 15.6 Å². The van der Waals surface area contributed by atoms with E-state index in [-0.39, 0.29) is 0 Å². The largest absolute Gasteiger partial charge is 0.481 e. The van der Waals surface area contributed by atoms with Gasteiger partial charge in [-0.3, -0.25) is 10.1 Å². The highest BCUT2D eigenvalue weighted by Gasteiger charge is 2.15. The number of ether oxygens (including phenoxy) is 1. The molecule has 0 aliphatic carbocycles. The Morgan fingerprint density at radius 1 is 1.17 bits per heavy atom. The van der Waals surface area contributed by atoms with Crippen molar-refractivity contribution in [2.45, 2.75) is 19.5 Å². The molecule has 24 heavy (non-hydrogen) atoms. The quantitative estimate of drug-likeness (QED) is 0.753. The van der Waals surface area contributed by atoms with Crippen LogP contribution >= 0.6 is 0 Å². The number of nitrogens with one attached hydrogen (secondary N) is 3. The van der Waals surface area contributed by atoms with E-state index in [1.54, 1.807) is 25.3 Å². The number of pyridine rings is 1. The number of amides is 3. The summed E-state index contributed by atoms with van der Waals surface area (Å²) in [7, 11) is 1.53. The second kappa shape index (κ2) is 8.52. The van der Waals surface area contributed by atoms with Crippen molar-refractivity contribution in [3.63, 3.8) is 0 Å². The van der Waals surface area contributed by atoms with Gasteiger partial charge in [0.05, 0.1) is 19.0 Å². The molecule has 1 aromatic carbocycles. The fraction of sp³-hybridized carbons (Fsp3) is 0.235. The maximum Gasteiger partial charge on any atom is 0.321 e. The summed E-state index contributed by atoms with van der Waals surface area (Å²) in [6.07, 6.45) is 1.55. The Morgan fingerprint density at radius 2 is 1.92 bits per heavy atom. The van der Waals surface area contributed by atoms with Crippen LogP contribution in [0.25, 0.3) is 0 Å². The summed E-state index contributed by atoms with van der Waals surface area (Å²) in [5.74, 6) is 0.0503. The molecule has 1 atom stereocenters. The summed E-state index contributed by atoms with van der Waals surface area (Å²) in [6.45, 7) is 2.01. The third kappa shape index (κ3) is 5.28. The van der Waals surface area contributed by atoms with Crippen molar-refractivity contribution in [2.24, 2.45) is 0 Å². The van der Waals surface area contributed by atoms with Gasteiger partial charge in [0, 0.05) is 12.6 Å². The normalized spacial score (nSPS) is 11.2. The zero-order chi connectivity index (χ0) is 17.4. The van der Waals surface area contributed by atoms with E-state index in [4.69, 9.17) is 4.74 Å². The molecule has 126 valence electrons. The highest BCUT2D eigenvalue weighted by Crippen LogP contribution is 2.11. The lowest BCUT2D eigenvalue weighted by Crippen LogP contribution is -2.45. The number of anilines is 1. The molecule has 0 saturated carbocycles. The number of hydrogen-bond acceptors (Lipinski definition) is 5. The summed E-state index contributed by atoms with van der Waals surface area (Å²) < 4.78 is 4.97. The van der Waals surface area contributed by atoms with E-state index < -0.39 is 18.0 Å². The van der Waals surface area contributed by atoms with Crippen LogP contribution in [0.15, 0.2) is 48.7 Å². The van der Waals surface area contributed by atoms with E-state index in [9.17, 15) is 9.59 Å². The number of imide groups is 1. The van der Waals surface area contributed by atoms with Crippen LogP contribution in [-0.2, 0) is 11.3 Å². The Balaban J connectivity index is 1.78. The molecule has 0 saturated heterocycles. The number of rotatable bonds is 6. The Hall–Kier alpha value is -3.09. The molecular weight excluding hydrogens is 308 g/mol. The standard InChI is InChI=1S/C17H20N4O3/c1-12(20-14-8-9-15(24-2)18-11-14)16(22)21-17(23)19-10-13-6-4-3-5-7-13/h3-9,11-12,20H,10H2,1-2H3,(H2,19,21,22,23)/t12-/m1/s1. The van der Waals surface area contributed by atoms with Gasteiger partial charge >= 0.3 is 6.03 Å². The lowest BCUT2D eigenvalue weighted by Gasteiger charge is -2.15. The number of urea groups is 1. The van der Waals surface area contributed by atoms with Crippen LogP contribution in [0.1, 0.15) is 12.5 Å². The Bertz CT molecular complexity index is 674. The van der Waals surface area contributed by atoms with E-state index in [1.807, 2.05) is 30.3 Å². The van der Waals surface area contributed by atoms with E-state index in [0.717, 1.165) is 5.56 Å². The van der Waals surface area contributed by atoms with Crippen LogP contribution in [0.3, 0.4) is 0 Å². The van der Waals surface area contributed by atoms with Gasteiger partial charge in [-0.2, -0.15) is 0 Å². The van der Waals surface area contributed by atoms with Gasteiger partial charge in [-0.1, -0.05) is 30.3 Å². The summed E-state index contributed by atoms with van der Waals surface area (Å²) in [6, 6.07) is 11.7. The number of carbonyl (C=O) groups excluding carboxylic acids is 2. The second-order valence-corrected chi connectivity index (χ2v) is 5.11. The van der Waals surface area contributed by atoms with Gasteiger partial charge < -0.3 is 15.4 Å². The molecule has 0 unspecified atom stereocenters. The lowest BCUT2D eigenvalue weighted by atomic mass is 10.2. The van der Waals surface area contributed by atoms with Gasteiger partial charge in [0.2, 0.25) is 11.8 Å². The lowest BCUT2D eigenvalue weighted by molar-refractivity contribution is -0.120. The molecule has 0 bridgehead atoms. The highest BCUT2D eigenvalue weighted by atomic mass is 16.5. The molecule has 2 aromatic rings. The van der Waals surface area contributed by atoms with Gasteiger partial charge in [0.25, 0.3) is 0 Å². The molecule has 1 aromatic heterocycles. The monoisotopic (exact) mass is 328 g/mol. The van der Waals surface area contributed by atoms with Crippen molar-refractivity contribution in [3.8, 4) is 5.88 Å². The summed E-state index contributed by atoms with van der Waals surface area (Å²) >= 11 is 0. The fourth-order valence-electron chi connectivity index (χ4n) is 1.94. The smallest absolute Gasteiger partial charge is 0.321 e.